The summed E-state index contributed by atoms with van der Waals surface area (Å²) in [6.45, 7) is 3.34. The Morgan fingerprint density at radius 2 is 2.00 bits per heavy atom. The largest absolute Gasteiger partial charge is 0.586 e. The van der Waals surface area contributed by atoms with Gasteiger partial charge >= 0.3 is 6.29 Å². The molecule has 3 rings (SSSR count). The number of fused-ring (bicyclic) bond motifs is 1. The number of hydrogen-bond acceptors (Lipinski definition) is 5. The Balaban J connectivity index is 1.85. The van der Waals surface area contributed by atoms with E-state index in [1.807, 2.05) is 0 Å². The lowest BCUT2D eigenvalue weighted by atomic mass is 10.0. The Kier molecular flexibility index (Phi) is 3.66. The number of nitrogens with zero attached hydrogens (tertiary/aromatic N) is 2. The zero-order valence-corrected chi connectivity index (χ0v) is 11.3. The van der Waals surface area contributed by atoms with E-state index in [0.717, 1.165) is 31.7 Å². The SMILES string of the molecule is N#CC[C@@H](c1ccc2c(c1)OC(F)(F)O2)N1CCNCC1. The fraction of sp³-hybridized carbons (Fsp3) is 0.500. The monoisotopic (exact) mass is 295 g/mol. The molecule has 5 nitrogen and oxygen atoms in total. The summed E-state index contributed by atoms with van der Waals surface area (Å²) >= 11 is 0. The van der Waals surface area contributed by atoms with Crippen LogP contribution < -0.4 is 14.8 Å². The summed E-state index contributed by atoms with van der Waals surface area (Å²) in [6, 6.07) is 6.77. The highest BCUT2D eigenvalue weighted by molar-refractivity contribution is 5.46. The van der Waals surface area contributed by atoms with Gasteiger partial charge in [0.25, 0.3) is 0 Å². The molecule has 1 saturated heterocycles. The summed E-state index contributed by atoms with van der Waals surface area (Å²) in [4.78, 5) is 2.18. The van der Waals surface area contributed by atoms with Crippen molar-refractivity contribution in [1.82, 2.24) is 10.2 Å². The van der Waals surface area contributed by atoms with Gasteiger partial charge in [0.2, 0.25) is 0 Å². The van der Waals surface area contributed by atoms with Crippen LogP contribution in [0.1, 0.15) is 18.0 Å². The van der Waals surface area contributed by atoms with Gasteiger partial charge in [0.15, 0.2) is 11.5 Å². The van der Waals surface area contributed by atoms with Gasteiger partial charge in [-0.15, -0.1) is 8.78 Å². The van der Waals surface area contributed by atoms with Crippen molar-refractivity contribution in [3.8, 4) is 17.6 Å². The third-order valence-electron chi connectivity index (χ3n) is 3.69. The fourth-order valence-corrected chi connectivity index (χ4v) is 2.71. The minimum atomic E-state index is -3.61. The van der Waals surface area contributed by atoms with E-state index >= 15 is 0 Å². The molecule has 0 bridgehead atoms. The number of nitriles is 1. The Labute approximate surface area is 121 Å². The van der Waals surface area contributed by atoms with E-state index in [1.54, 1.807) is 12.1 Å². The lowest BCUT2D eigenvalue weighted by molar-refractivity contribution is -0.286. The number of piperazine rings is 1. The van der Waals surface area contributed by atoms with E-state index in [0.29, 0.717) is 6.42 Å². The first-order valence-corrected chi connectivity index (χ1v) is 6.80. The van der Waals surface area contributed by atoms with Crippen molar-refractivity contribution in [1.29, 1.82) is 5.26 Å². The first kappa shape index (κ1) is 14.0. The predicted molar refractivity (Wildman–Crippen MR) is 70.1 cm³/mol. The van der Waals surface area contributed by atoms with Crippen LogP contribution in [0.15, 0.2) is 18.2 Å². The number of ether oxygens (including phenoxy) is 2. The molecule has 2 aliphatic heterocycles. The van der Waals surface area contributed by atoms with Crippen molar-refractivity contribution < 1.29 is 18.3 Å². The van der Waals surface area contributed by atoms with Gasteiger partial charge in [0.05, 0.1) is 12.5 Å². The van der Waals surface area contributed by atoms with Crippen molar-refractivity contribution in [2.75, 3.05) is 26.2 Å². The molecular weight excluding hydrogens is 280 g/mol. The molecule has 0 amide bonds. The minimum absolute atomic E-state index is 0.0237. The Morgan fingerprint density at radius 1 is 1.29 bits per heavy atom. The van der Waals surface area contributed by atoms with Gasteiger partial charge in [-0.2, -0.15) is 5.26 Å². The Morgan fingerprint density at radius 3 is 2.71 bits per heavy atom. The van der Waals surface area contributed by atoms with Crippen LogP contribution in [0.5, 0.6) is 11.5 Å². The summed E-state index contributed by atoms with van der Waals surface area (Å²) in [5, 5.41) is 12.3. The summed E-state index contributed by atoms with van der Waals surface area (Å²) in [5.74, 6) is 0.0512. The van der Waals surface area contributed by atoms with Crippen LogP contribution in [0.2, 0.25) is 0 Å². The average Bonchev–Trinajstić information content (AvgIpc) is 2.78. The van der Waals surface area contributed by atoms with Crippen molar-refractivity contribution in [3.63, 3.8) is 0 Å². The molecule has 0 radical (unpaired) electrons. The van der Waals surface area contributed by atoms with Crippen molar-refractivity contribution in [3.05, 3.63) is 23.8 Å². The molecule has 1 aromatic rings. The molecule has 0 spiro atoms. The van der Waals surface area contributed by atoms with Crippen LogP contribution in [-0.2, 0) is 0 Å². The van der Waals surface area contributed by atoms with E-state index in [-0.39, 0.29) is 17.5 Å². The maximum absolute atomic E-state index is 13.1. The molecule has 112 valence electrons. The first-order valence-electron chi connectivity index (χ1n) is 6.80. The predicted octanol–water partition coefficient (Wildman–Crippen LogP) is 1.87. The summed E-state index contributed by atoms with van der Waals surface area (Å²) in [7, 11) is 0. The molecule has 1 aromatic carbocycles. The average molecular weight is 295 g/mol. The van der Waals surface area contributed by atoms with Crippen LogP contribution in [0.3, 0.4) is 0 Å². The van der Waals surface area contributed by atoms with Gasteiger partial charge in [0.1, 0.15) is 0 Å². The fourth-order valence-electron chi connectivity index (χ4n) is 2.71. The van der Waals surface area contributed by atoms with Gasteiger partial charge in [0, 0.05) is 32.2 Å². The second-order valence-corrected chi connectivity index (χ2v) is 5.04. The quantitative estimate of drug-likeness (QED) is 0.922. The highest BCUT2D eigenvalue weighted by atomic mass is 19.3. The van der Waals surface area contributed by atoms with E-state index < -0.39 is 6.29 Å². The van der Waals surface area contributed by atoms with Gasteiger partial charge < -0.3 is 14.8 Å². The van der Waals surface area contributed by atoms with Gasteiger partial charge in [-0.1, -0.05) is 6.07 Å². The highest BCUT2D eigenvalue weighted by Gasteiger charge is 2.43. The number of nitrogens with one attached hydrogen (secondary N) is 1. The molecule has 0 aliphatic carbocycles. The third kappa shape index (κ3) is 2.91. The number of hydrogen-bond donors (Lipinski definition) is 1. The molecule has 1 N–H and O–H groups in total. The second kappa shape index (κ2) is 5.47. The van der Waals surface area contributed by atoms with Crippen LogP contribution in [0, 0.1) is 11.3 Å². The summed E-state index contributed by atoms with van der Waals surface area (Å²) in [5.41, 5.74) is 0.790. The smallest absolute Gasteiger partial charge is 0.395 e. The number of rotatable bonds is 3. The molecule has 1 fully saturated rings. The molecule has 0 unspecified atom stereocenters. The van der Waals surface area contributed by atoms with E-state index in [2.05, 4.69) is 25.8 Å². The van der Waals surface area contributed by atoms with Gasteiger partial charge in [-0.25, -0.2) is 0 Å². The number of benzene rings is 1. The Hall–Kier alpha value is -1.91. The van der Waals surface area contributed by atoms with Crippen LogP contribution >= 0.6 is 0 Å². The first-order chi connectivity index (χ1) is 10.1. The zero-order valence-electron chi connectivity index (χ0n) is 11.3. The second-order valence-electron chi connectivity index (χ2n) is 5.04. The molecule has 7 heteroatoms. The molecule has 2 aliphatic rings. The van der Waals surface area contributed by atoms with E-state index in [9.17, 15) is 8.78 Å². The number of alkyl halides is 2. The number of halogens is 2. The molecule has 1 atom stereocenters. The van der Waals surface area contributed by atoms with Crippen molar-refractivity contribution >= 4 is 0 Å². The van der Waals surface area contributed by atoms with E-state index in [1.165, 1.54) is 6.07 Å². The van der Waals surface area contributed by atoms with Crippen LogP contribution in [0.4, 0.5) is 8.78 Å². The molecule has 0 saturated carbocycles. The maximum atomic E-state index is 13.1. The summed E-state index contributed by atoms with van der Waals surface area (Å²) in [6.07, 6.45) is -3.31. The normalized spacial score (nSPS) is 21.8. The van der Waals surface area contributed by atoms with E-state index in [4.69, 9.17) is 5.26 Å². The third-order valence-corrected chi connectivity index (χ3v) is 3.69. The van der Waals surface area contributed by atoms with Gasteiger partial charge in [-0.05, 0) is 17.7 Å². The van der Waals surface area contributed by atoms with Crippen LogP contribution in [0.25, 0.3) is 0 Å². The Bertz CT molecular complexity index is 568. The zero-order chi connectivity index (χ0) is 14.9. The molecular formula is C14H15F2N3O2. The lowest BCUT2D eigenvalue weighted by Gasteiger charge is -2.34. The molecule has 21 heavy (non-hydrogen) atoms. The van der Waals surface area contributed by atoms with Crippen LogP contribution in [-0.4, -0.2) is 37.4 Å². The maximum Gasteiger partial charge on any atom is 0.586 e. The molecule has 0 aromatic heterocycles. The van der Waals surface area contributed by atoms with Gasteiger partial charge in [-0.3, -0.25) is 4.90 Å². The van der Waals surface area contributed by atoms with Crippen molar-refractivity contribution in [2.45, 2.75) is 18.8 Å². The topological polar surface area (TPSA) is 57.5 Å². The standard InChI is InChI=1S/C14H15F2N3O2/c15-14(16)20-12-2-1-10(9-13(12)21-14)11(3-4-17)19-7-5-18-6-8-19/h1-2,9,11,18H,3,5-8H2/t11-/m0/s1. The molecule has 2 heterocycles. The highest BCUT2D eigenvalue weighted by Crippen LogP contribution is 2.42. The van der Waals surface area contributed by atoms with Crippen molar-refractivity contribution in [2.24, 2.45) is 0 Å². The summed E-state index contributed by atoms with van der Waals surface area (Å²) < 4.78 is 35.0. The lowest BCUT2D eigenvalue weighted by Crippen LogP contribution is -2.45. The minimum Gasteiger partial charge on any atom is -0.395 e.